The van der Waals surface area contributed by atoms with Crippen LogP contribution in [-0.4, -0.2) is 23.1 Å². The summed E-state index contributed by atoms with van der Waals surface area (Å²) in [5.74, 6) is -2.35. The summed E-state index contributed by atoms with van der Waals surface area (Å²) in [7, 11) is -3.35. The zero-order chi connectivity index (χ0) is 9.07. The highest BCUT2D eigenvalue weighted by atomic mass is 31.2. The molecular formula is C4H7O6P. The van der Waals surface area contributed by atoms with Gasteiger partial charge in [0.25, 0.3) is 0 Å². The van der Waals surface area contributed by atoms with E-state index in [1.165, 1.54) is 0 Å². The summed E-state index contributed by atoms with van der Waals surface area (Å²) in [6.45, 7) is 2.85. The van der Waals surface area contributed by atoms with E-state index in [1.807, 2.05) is 0 Å². The number of carboxylic acid groups (broad SMARTS) is 1. The summed E-state index contributed by atoms with van der Waals surface area (Å²) in [6, 6.07) is 0. The average Bonchev–Trinajstić information content (AvgIpc) is 1.87. The predicted octanol–water partition coefficient (Wildman–Crippen LogP) is 0.348. The Labute approximate surface area is 62.7 Å². The molecule has 0 aromatic heterocycles. The number of phosphoric ester groups is 1. The second kappa shape index (κ2) is 3.52. The highest BCUT2D eigenvalue weighted by molar-refractivity contribution is 7.47. The molecule has 0 aromatic carbocycles. The molecule has 64 valence electrons. The zero-order valence-electron chi connectivity index (χ0n) is 5.68. The smallest absolute Gasteiger partial charge is 0.475 e. The number of carboxylic acids is 1. The highest BCUT2D eigenvalue weighted by Crippen LogP contribution is 2.43. The third kappa shape index (κ3) is 3.77. The third-order valence-electron chi connectivity index (χ3n) is 0.695. The summed E-state index contributed by atoms with van der Waals surface area (Å²) < 4.78 is 18.4. The van der Waals surface area contributed by atoms with Crippen LogP contribution in [0.25, 0.3) is 0 Å². The van der Waals surface area contributed by atoms with Gasteiger partial charge in [0, 0.05) is 7.11 Å². The van der Waals surface area contributed by atoms with Gasteiger partial charge in [-0.1, -0.05) is 0 Å². The zero-order valence-corrected chi connectivity index (χ0v) is 6.58. The van der Waals surface area contributed by atoms with Crippen LogP contribution >= 0.6 is 7.82 Å². The molecule has 0 spiro atoms. The maximum Gasteiger partial charge on any atom is 0.527 e. The SMILES string of the molecule is C=C(OP(=O)(O)OC)C(=O)O. The Morgan fingerprint density at radius 3 is 2.36 bits per heavy atom. The van der Waals surface area contributed by atoms with Crippen molar-refractivity contribution in [3.8, 4) is 0 Å². The van der Waals surface area contributed by atoms with E-state index in [-0.39, 0.29) is 0 Å². The first-order chi connectivity index (χ1) is 4.89. The lowest BCUT2D eigenvalue weighted by molar-refractivity contribution is -0.135. The van der Waals surface area contributed by atoms with Gasteiger partial charge in [-0.05, 0) is 6.58 Å². The van der Waals surface area contributed by atoms with Crippen molar-refractivity contribution in [1.29, 1.82) is 0 Å². The van der Waals surface area contributed by atoms with Crippen molar-refractivity contribution in [2.75, 3.05) is 7.11 Å². The molecule has 2 N–H and O–H groups in total. The van der Waals surface area contributed by atoms with Crippen LogP contribution in [0.15, 0.2) is 12.3 Å². The van der Waals surface area contributed by atoms with Crippen molar-refractivity contribution in [3.63, 3.8) is 0 Å². The molecule has 0 saturated carbocycles. The van der Waals surface area contributed by atoms with Gasteiger partial charge in [0.15, 0.2) is 0 Å². The number of aliphatic carboxylic acids is 1. The van der Waals surface area contributed by atoms with E-state index in [4.69, 9.17) is 10.00 Å². The molecule has 6 nitrogen and oxygen atoms in total. The van der Waals surface area contributed by atoms with Gasteiger partial charge in [-0.25, -0.2) is 9.36 Å². The van der Waals surface area contributed by atoms with E-state index in [9.17, 15) is 9.36 Å². The largest absolute Gasteiger partial charge is 0.527 e. The monoisotopic (exact) mass is 182 g/mol. The Kier molecular flexibility index (Phi) is 3.25. The molecule has 11 heavy (non-hydrogen) atoms. The molecule has 1 unspecified atom stereocenters. The minimum absolute atomic E-state index is 0.835. The topological polar surface area (TPSA) is 93.1 Å². The van der Waals surface area contributed by atoms with Crippen molar-refractivity contribution < 1.29 is 28.4 Å². The molecule has 0 aliphatic rings. The number of rotatable bonds is 4. The number of phosphoric acid groups is 1. The summed E-state index contributed by atoms with van der Waals surface area (Å²) in [5.41, 5.74) is 0. The molecule has 0 aliphatic carbocycles. The molecule has 0 heterocycles. The van der Waals surface area contributed by atoms with Crippen molar-refractivity contribution in [2.24, 2.45) is 0 Å². The first kappa shape index (κ1) is 10.2. The van der Waals surface area contributed by atoms with Gasteiger partial charge in [0.1, 0.15) is 0 Å². The highest BCUT2D eigenvalue weighted by Gasteiger charge is 2.23. The lowest BCUT2D eigenvalue weighted by Gasteiger charge is -2.08. The van der Waals surface area contributed by atoms with Gasteiger partial charge in [0.2, 0.25) is 5.76 Å². The third-order valence-corrected chi connectivity index (χ3v) is 1.61. The second-order valence-corrected chi connectivity index (χ2v) is 2.96. The maximum absolute atomic E-state index is 10.5. The minimum atomic E-state index is -4.26. The molecule has 0 aromatic rings. The van der Waals surface area contributed by atoms with Gasteiger partial charge in [-0.3, -0.25) is 9.42 Å². The van der Waals surface area contributed by atoms with Crippen LogP contribution in [0, 0.1) is 0 Å². The minimum Gasteiger partial charge on any atom is -0.475 e. The van der Waals surface area contributed by atoms with E-state index in [1.54, 1.807) is 0 Å². The van der Waals surface area contributed by atoms with Crippen LogP contribution in [0.5, 0.6) is 0 Å². The van der Waals surface area contributed by atoms with Crippen molar-refractivity contribution in [3.05, 3.63) is 12.3 Å². The number of carbonyl (C=O) groups is 1. The Balaban J connectivity index is 4.16. The Morgan fingerprint density at radius 2 is 2.09 bits per heavy atom. The number of hydrogen-bond donors (Lipinski definition) is 2. The molecule has 0 fully saturated rings. The van der Waals surface area contributed by atoms with Crippen LogP contribution in [0.4, 0.5) is 0 Å². The van der Waals surface area contributed by atoms with E-state index >= 15 is 0 Å². The van der Waals surface area contributed by atoms with E-state index in [0.717, 1.165) is 7.11 Å². The van der Waals surface area contributed by atoms with E-state index in [2.05, 4.69) is 15.6 Å². The average molecular weight is 182 g/mol. The molecule has 0 saturated heterocycles. The molecule has 0 aliphatic heterocycles. The van der Waals surface area contributed by atoms with Crippen LogP contribution in [0.1, 0.15) is 0 Å². The van der Waals surface area contributed by atoms with E-state index in [0.29, 0.717) is 0 Å². The number of hydrogen-bond acceptors (Lipinski definition) is 4. The van der Waals surface area contributed by atoms with Crippen molar-refractivity contribution >= 4 is 13.8 Å². The first-order valence-corrected chi connectivity index (χ1v) is 3.89. The Bertz CT molecular complexity index is 221. The quantitative estimate of drug-likeness (QED) is 0.370. The molecule has 0 amide bonds. The standard InChI is InChI=1S/C4H7O6P/c1-3(4(5)6)10-11(7,8)9-2/h1H2,2H3,(H,5,6)(H,7,8). The van der Waals surface area contributed by atoms with Gasteiger partial charge in [0.05, 0.1) is 0 Å². The fourth-order valence-electron chi connectivity index (χ4n) is 0.216. The summed E-state index contributed by atoms with van der Waals surface area (Å²) >= 11 is 0. The van der Waals surface area contributed by atoms with Crippen molar-refractivity contribution in [2.45, 2.75) is 0 Å². The van der Waals surface area contributed by atoms with Crippen LogP contribution in [0.3, 0.4) is 0 Å². The Hall–Kier alpha value is -0.840. The molecular weight excluding hydrogens is 175 g/mol. The summed E-state index contributed by atoms with van der Waals surface area (Å²) in [4.78, 5) is 18.5. The van der Waals surface area contributed by atoms with Crippen LogP contribution < -0.4 is 0 Å². The normalized spacial score (nSPS) is 15.1. The fraction of sp³-hybridized carbons (Fsp3) is 0.250. The lowest BCUT2D eigenvalue weighted by Crippen LogP contribution is -2.02. The molecule has 0 radical (unpaired) electrons. The molecule has 7 heteroatoms. The molecule has 0 rings (SSSR count). The summed E-state index contributed by atoms with van der Waals surface area (Å²) in [5, 5.41) is 8.13. The summed E-state index contributed by atoms with van der Waals surface area (Å²) in [6.07, 6.45) is 0. The van der Waals surface area contributed by atoms with Gasteiger partial charge in [-0.2, -0.15) is 0 Å². The lowest BCUT2D eigenvalue weighted by atomic mass is 10.6. The predicted molar refractivity (Wildman–Crippen MR) is 34.7 cm³/mol. The first-order valence-electron chi connectivity index (χ1n) is 2.39. The Morgan fingerprint density at radius 1 is 1.64 bits per heavy atom. The van der Waals surface area contributed by atoms with E-state index < -0.39 is 19.6 Å². The molecule has 0 bridgehead atoms. The van der Waals surface area contributed by atoms with Crippen molar-refractivity contribution in [1.82, 2.24) is 0 Å². The van der Waals surface area contributed by atoms with Crippen LogP contribution in [-0.2, 0) is 18.4 Å². The second-order valence-electron chi connectivity index (χ2n) is 1.47. The van der Waals surface area contributed by atoms with Gasteiger partial charge >= 0.3 is 13.8 Å². The van der Waals surface area contributed by atoms with Crippen LogP contribution in [0.2, 0.25) is 0 Å². The van der Waals surface area contributed by atoms with Gasteiger partial charge < -0.3 is 9.63 Å². The fourth-order valence-corrected chi connectivity index (χ4v) is 0.647. The van der Waals surface area contributed by atoms with Gasteiger partial charge in [-0.15, -0.1) is 0 Å². The molecule has 1 atom stereocenters. The maximum atomic E-state index is 10.5.